The lowest BCUT2D eigenvalue weighted by Gasteiger charge is -2.37. The van der Waals surface area contributed by atoms with Gasteiger partial charge >= 0.3 is 0 Å². The van der Waals surface area contributed by atoms with Crippen LogP contribution in [0.2, 0.25) is 0 Å². The molecular weight excluding hydrogens is 256 g/mol. The minimum absolute atomic E-state index is 0.967. The summed E-state index contributed by atoms with van der Waals surface area (Å²) >= 11 is 1.74. The molecular formula is C14H24N4S. The number of piperidine rings is 2. The molecule has 3 heterocycles. The highest BCUT2D eigenvalue weighted by molar-refractivity contribution is 7.11. The summed E-state index contributed by atoms with van der Waals surface area (Å²) < 4.78 is 0. The number of nitrogens with one attached hydrogen (secondary N) is 1. The molecule has 3 rings (SSSR count). The summed E-state index contributed by atoms with van der Waals surface area (Å²) in [5.74, 6) is 1.95. The monoisotopic (exact) mass is 280 g/mol. The van der Waals surface area contributed by atoms with Gasteiger partial charge in [-0.25, -0.2) is 0 Å². The SMILES string of the molecule is Cc1nnc(CN2CCC(C3CCNCC3)CC2)s1. The van der Waals surface area contributed by atoms with Gasteiger partial charge in [-0.3, -0.25) is 4.90 Å². The number of nitrogens with zero attached hydrogens (tertiary/aromatic N) is 3. The molecule has 2 aliphatic heterocycles. The molecule has 1 aromatic heterocycles. The minimum atomic E-state index is 0.967. The van der Waals surface area contributed by atoms with Crippen LogP contribution in [0.15, 0.2) is 0 Å². The van der Waals surface area contributed by atoms with Crippen molar-refractivity contribution in [2.75, 3.05) is 26.2 Å². The Morgan fingerprint density at radius 3 is 2.42 bits per heavy atom. The first-order valence-electron chi connectivity index (χ1n) is 7.53. The Balaban J connectivity index is 1.46. The third kappa shape index (κ3) is 3.52. The second-order valence-corrected chi connectivity index (χ2v) is 7.18. The van der Waals surface area contributed by atoms with E-state index in [4.69, 9.17) is 0 Å². The number of likely N-dealkylation sites (tertiary alicyclic amines) is 1. The molecule has 0 spiro atoms. The first-order chi connectivity index (χ1) is 9.31. The molecule has 0 radical (unpaired) electrons. The Morgan fingerprint density at radius 2 is 1.79 bits per heavy atom. The highest BCUT2D eigenvalue weighted by Crippen LogP contribution is 2.31. The maximum atomic E-state index is 4.24. The second-order valence-electron chi connectivity index (χ2n) is 5.92. The second kappa shape index (κ2) is 6.29. The first kappa shape index (κ1) is 13.5. The topological polar surface area (TPSA) is 41.1 Å². The van der Waals surface area contributed by atoms with Gasteiger partial charge in [0.05, 0.1) is 6.54 Å². The lowest BCUT2D eigenvalue weighted by Crippen LogP contribution is -2.39. The maximum Gasteiger partial charge on any atom is 0.131 e. The van der Waals surface area contributed by atoms with E-state index < -0.39 is 0 Å². The van der Waals surface area contributed by atoms with Crippen molar-refractivity contribution in [1.29, 1.82) is 0 Å². The molecule has 2 saturated heterocycles. The van der Waals surface area contributed by atoms with Crippen molar-refractivity contribution >= 4 is 11.3 Å². The van der Waals surface area contributed by atoms with Crippen LogP contribution in [0.25, 0.3) is 0 Å². The van der Waals surface area contributed by atoms with E-state index in [-0.39, 0.29) is 0 Å². The number of aryl methyl sites for hydroxylation is 1. The zero-order valence-electron chi connectivity index (χ0n) is 11.8. The van der Waals surface area contributed by atoms with E-state index in [1.807, 2.05) is 6.92 Å². The van der Waals surface area contributed by atoms with Crippen molar-refractivity contribution in [3.8, 4) is 0 Å². The van der Waals surface area contributed by atoms with Gasteiger partial charge in [-0.1, -0.05) is 0 Å². The summed E-state index contributed by atoms with van der Waals surface area (Å²) in [7, 11) is 0. The third-order valence-electron chi connectivity index (χ3n) is 4.61. The van der Waals surface area contributed by atoms with Crippen LogP contribution in [-0.2, 0) is 6.54 Å². The van der Waals surface area contributed by atoms with E-state index in [0.29, 0.717) is 0 Å². The smallest absolute Gasteiger partial charge is 0.131 e. The number of hydrogen-bond acceptors (Lipinski definition) is 5. The van der Waals surface area contributed by atoms with Crippen LogP contribution in [0, 0.1) is 18.8 Å². The number of rotatable bonds is 3. The van der Waals surface area contributed by atoms with E-state index in [1.165, 1.54) is 56.9 Å². The molecule has 106 valence electrons. The number of hydrogen-bond donors (Lipinski definition) is 1. The van der Waals surface area contributed by atoms with E-state index in [9.17, 15) is 0 Å². The Morgan fingerprint density at radius 1 is 1.11 bits per heavy atom. The highest BCUT2D eigenvalue weighted by Gasteiger charge is 2.27. The molecule has 0 unspecified atom stereocenters. The normalized spacial score (nSPS) is 23.8. The fourth-order valence-electron chi connectivity index (χ4n) is 3.49. The zero-order valence-corrected chi connectivity index (χ0v) is 12.6. The average Bonchev–Trinajstić information content (AvgIpc) is 2.86. The van der Waals surface area contributed by atoms with Crippen LogP contribution >= 0.6 is 11.3 Å². The fraction of sp³-hybridized carbons (Fsp3) is 0.857. The predicted molar refractivity (Wildman–Crippen MR) is 78.2 cm³/mol. The van der Waals surface area contributed by atoms with Gasteiger partial charge in [0, 0.05) is 0 Å². The molecule has 2 fully saturated rings. The Labute approximate surface area is 119 Å². The molecule has 5 heteroatoms. The quantitative estimate of drug-likeness (QED) is 0.920. The maximum absolute atomic E-state index is 4.24. The molecule has 0 aromatic carbocycles. The van der Waals surface area contributed by atoms with Gasteiger partial charge in [-0.2, -0.15) is 0 Å². The van der Waals surface area contributed by atoms with Crippen molar-refractivity contribution in [2.45, 2.75) is 39.2 Å². The molecule has 0 aliphatic carbocycles. The number of aromatic nitrogens is 2. The largest absolute Gasteiger partial charge is 0.317 e. The Hall–Kier alpha value is -0.520. The molecule has 2 aliphatic rings. The molecule has 1 aromatic rings. The predicted octanol–water partition coefficient (Wildman–Crippen LogP) is 2.06. The average molecular weight is 280 g/mol. The van der Waals surface area contributed by atoms with Gasteiger partial charge in [0.15, 0.2) is 0 Å². The summed E-state index contributed by atoms with van der Waals surface area (Å²) in [5.41, 5.74) is 0. The van der Waals surface area contributed by atoms with E-state index in [2.05, 4.69) is 20.4 Å². The Kier molecular flexibility index (Phi) is 4.45. The molecule has 0 bridgehead atoms. The molecule has 0 atom stereocenters. The van der Waals surface area contributed by atoms with Crippen LogP contribution in [-0.4, -0.2) is 41.3 Å². The van der Waals surface area contributed by atoms with Gasteiger partial charge < -0.3 is 5.32 Å². The lowest BCUT2D eigenvalue weighted by molar-refractivity contribution is 0.125. The van der Waals surface area contributed by atoms with Crippen molar-refractivity contribution < 1.29 is 0 Å². The molecule has 0 amide bonds. The summed E-state index contributed by atoms with van der Waals surface area (Å²) in [4.78, 5) is 2.55. The van der Waals surface area contributed by atoms with Crippen LogP contribution in [0.5, 0.6) is 0 Å². The van der Waals surface area contributed by atoms with Crippen LogP contribution in [0.1, 0.15) is 35.7 Å². The van der Waals surface area contributed by atoms with Crippen molar-refractivity contribution in [3.63, 3.8) is 0 Å². The lowest BCUT2D eigenvalue weighted by atomic mass is 9.79. The summed E-state index contributed by atoms with van der Waals surface area (Å²) in [5, 5.41) is 14.1. The van der Waals surface area contributed by atoms with Crippen molar-refractivity contribution in [3.05, 3.63) is 10.0 Å². The highest BCUT2D eigenvalue weighted by atomic mass is 32.1. The van der Waals surface area contributed by atoms with Crippen molar-refractivity contribution in [1.82, 2.24) is 20.4 Å². The van der Waals surface area contributed by atoms with Crippen LogP contribution < -0.4 is 5.32 Å². The van der Waals surface area contributed by atoms with Gasteiger partial charge in [0.25, 0.3) is 0 Å². The molecule has 1 N–H and O–H groups in total. The fourth-order valence-corrected chi connectivity index (χ4v) is 4.24. The van der Waals surface area contributed by atoms with Gasteiger partial charge in [-0.05, 0) is 70.6 Å². The van der Waals surface area contributed by atoms with Gasteiger partial charge in [0.2, 0.25) is 0 Å². The molecule has 0 saturated carbocycles. The Bertz CT molecular complexity index is 392. The van der Waals surface area contributed by atoms with Crippen LogP contribution in [0.3, 0.4) is 0 Å². The third-order valence-corrected chi connectivity index (χ3v) is 5.43. The van der Waals surface area contributed by atoms with Crippen LogP contribution in [0.4, 0.5) is 0 Å². The first-order valence-corrected chi connectivity index (χ1v) is 8.35. The van der Waals surface area contributed by atoms with Gasteiger partial charge in [0.1, 0.15) is 10.0 Å². The van der Waals surface area contributed by atoms with E-state index >= 15 is 0 Å². The summed E-state index contributed by atoms with van der Waals surface area (Å²) in [6, 6.07) is 0. The zero-order chi connectivity index (χ0) is 13.1. The van der Waals surface area contributed by atoms with E-state index in [0.717, 1.165) is 23.4 Å². The summed E-state index contributed by atoms with van der Waals surface area (Å²) in [6.07, 6.45) is 5.53. The van der Waals surface area contributed by atoms with Crippen molar-refractivity contribution in [2.24, 2.45) is 11.8 Å². The van der Waals surface area contributed by atoms with Gasteiger partial charge in [-0.15, -0.1) is 21.5 Å². The molecule has 19 heavy (non-hydrogen) atoms. The van der Waals surface area contributed by atoms with E-state index in [1.54, 1.807) is 11.3 Å². The standard InChI is InChI=1S/C14H24N4S/c1-11-16-17-14(19-11)10-18-8-4-13(5-9-18)12-2-6-15-7-3-12/h12-13,15H,2-10H2,1H3. The molecule has 4 nitrogen and oxygen atoms in total. The summed E-state index contributed by atoms with van der Waals surface area (Å²) in [6.45, 7) is 7.99. The minimum Gasteiger partial charge on any atom is -0.317 e.